The zero-order valence-corrected chi connectivity index (χ0v) is 19.4. The lowest BCUT2D eigenvalue weighted by atomic mass is 10.1. The topological polar surface area (TPSA) is 86.8 Å². The van der Waals surface area contributed by atoms with Crippen LogP contribution in [-0.4, -0.2) is 50.8 Å². The van der Waals surface area contributed by atoms with Crippen molar-refractivity contribution in [3.63, 3.8) is 0 Å². The lowest BCUT2D eigenvalue weighted by molar-refractivity contribution is -0.118. The van der Waals surface area contributed by atoms with Gasteiger partial charge in [0.25, 0.3) is 5.91 Å². The molecule has 3 heterocycles. The molecule has 2 aliphatic heterocycles. The number of sulfonamides is 1. The molecule has 0 bridgehead atoms. The van der Waals surface area contributed by atoms with Crippen molar-refractivity contribution in [3.8, 4) is 0 Å². The third kappa shape index (κ3) is 5.03. The fourth-order valence-electron chi connectivity index (χ4n) is 3.80. The second-order valence-corrected chi connectivity index (χ2v) is 10.9. The number of carbonyl (C=O) groups is 2. The lowest BCUT2D eigenvalue weighted by Crippen LogP contribution is -2.41. The smallest absolute Gasteiger partial charge is 0.253 e. The number of anilines is 1. The molecular formula is C21H21ClFN3O4S2. The molecule has 170 valence electrons. The Kier molecular flexibility index (Phi) is 6.66. The van der Waals surface area contributed by atoms with Crippen LogP contribution in [0.2, 0.25) is 4.34 Å². The van der Waals surface area contributed by atoms with Crippen molar-refractivity contribution in [1.29, 1.82) is 0 Å². The number of carbonyl (C=O) groups excluding carboxylic acids is 2. The number of thiophene rings is 1. The van der Waals surface area contributed by atoms with Crippen LogP contribution in [0.4, 0.5) is 10.1 Å². The van der Waals surface area contributed by atoms with Crippen molar-refractivity contribution in [3.05, 3.63) is 56.3 Å². The first-order chi connectivity index (χ1) is 15.2. The molecule has 1 aromatic carbocycles. The van der Waals surface area contributed by atoms with Gasteiger partial charge in [-0.1, -0.05) is 11.6 Å². The van der Waals surface area contributed by atoms with Crippen molar-refractivity contribution in [2.45, 2.75) is 25.3 Å². The van der Waals surface area contributed by atoms with E-state index in [9.17, 15) is 22.4 Å². The maximum absolute atomic E-state index is 14.8. The zero-order valence-electron chi connectivity index (χ0n) is 17.0. The third-order valence-corrected chi connectivity index (χ3v) is 7.70. The Morgan fingerprint density at radius 1 is 1.19 bits per heavy atom. The quantitative estimate of drug-likeness (QED) is 0.662. The van der Waals surface area contributed by atoms with E-state index in [1.54, 1.807) is 17.0 Å². The van der Waals surface area contributed by atoms with Gasteiger partial charge in [-0.25, -0.2) is 12.8 Å². The van der Waals surface area contributed by atoms with Gasteiger partial charge in [0, 0.05) is 35.5 Å². The van der Waals surface area contributed by atoms with Gasteiger partial charge in [-0.15, -0.1) is 11.3 Å². The Balaban J connectivity index is 1.43. The second kappa shape index (κ2) is 9.30. The van der Waals surface area contributed by atoms with Crippen molar-refractivity contribution in [2.75, 3.05) is 24.5 Å². The van der Waals surface area contributed by atoms with Crippen molar-refractivity contribution < 1.29 is 22.4 Å². The Labute approximate surface area is 194 Å². The van der Waals surface area contributed by atoms with Crippen LogP contribution in [0.25, 0.3) is 6.08 Å². The van der Waals surface area contributed by atoms with E-state index < -0.39 is 27.8 Å². The molecule has 1 aromatic heterocycles. The molecule has 11 heteroatoms. The molecule has 2 saturated heterocycles. The minimum atomic E-state index is -3.89. The summed E-state index contributed by atoms with van der Waals surface area (Å²) in [5, 5.41) is 0.977. The van der Waals surface area contributed by atoms with Gasteiger partial charge in [0.1, 0.15) is 11.9 Å². The van der Waals surface area contributed by atoms with Crippen molar-refractivity contribution in [1.82, 2.24) is 9.62 Å². The maximum atomic E-state index is 14.8. The van der Waals surface area contributed by atoms with Gasteiger partial charge >= 0.3 is 0 Å². The molecule has 2 aliphatic rings. The average Bonchev–Trinajstić information content (AvgIpc) is 3.49. The summed E-state index contributed by atoms with van der Waals surface area (Å²) in [6.45, 7) is 1.47. The largest absolute Gasteiger partial charge is 0.339 e. The molecule has 0 unspecified atom stereocenters. The molecule has 2 fully saturated rings. The summed E-state index contributed by atoms with van der Waals surface area (Å²) < 4.78 is 42.4. The van der Waals surface area contributed by atoms with Gasteiger partial charge < -0.3 is 9.80 Å². The predicted octanol–water partition coefficient (Wildman–Crippen LogP) is 3.47. The number of likely N-dealkylation sites (tertiary alicyclic amines) is 1. The molecule has 32 heavy (non-hydrogen) atoms. The van der Waals surface area contributed by atoms with Crippen LogP contribution >= 0.6 is 22.9 Å². The summed E-state index contributed by atoms with van der Waals surface area (Å²) in [6.07, 6.45) is 3.46. The molecule has 2 aromatic rings. The minimum absolute atomic E-state index is 0.0263. The summed E-state index contributed by atoms with van der Waals surface area (Å²) >= 11 is 7.06. The number of hydrogen-bond donors (Lipinski definition) is 1. The third-order valence-electron chi connectivity index (χ3n) is 5.40. The normalized spacial score (nSPS) is 19.4. The Morgan fingerprint density at radius 3 is 2.59 bits per heavy atom. The van der Waals surface area contributed by atoms with Gasteiger partial charge in [-0.05, 0) is 55.7 Å². The molecule has 0 aliphatic carbocycles. The summed E-state index contributed by atoms with van der Waals surface area (Å²) in [6, 6.07) is 6.37. The van der Waals surface area contributed by atoms with Crippen LogP contribution < -0.4 is 9.62 Å². The van der Waals surface area contributed by atoms with E-state index in [0.717, 1.165) is 24.3 Å². The fourth-order valence-corrected chi connectivity index (χ4v) is 5.87. The summed E-state index contributed by atoms with van der Waals surface area (Å²) in [5.41, 5.74) is 0.259. The Morgan fingerprint density at radius 2 is 1.94 bits per heavy atom. The number of halogens is 2. The highest BCUT2D eigenvalue weighted by atomic mass is 35.5. The van der Waals surface area contributed by atoms with Crippen LogP contribution in [0.1, 0.15) is 34.5 Å². The Hall–Kier alpha value is -2.27. The lowest BCUT2D eigenvalue weighted by Gasteiger charge is -2.19. The highest BCUT2D eigenvalue weighted by Crippen LogP contribution is 2.27. The van der Waals surface area contributed by atoms with Crippen LogP contribution in [-0.2, 0) is 14.8 Å². The fraction of sp³-hybridized carbons (Fsp3) is 0.333. The minimum Gasteiger partial charge on any atom is -0.339 e. The summed E-state index contributed by atoms with van der Waals surface area (Å²) in [5.74, 6) is -1.47. The molecule has 1 atom stereocenters. The first-order valence-corrected chi connectivity index (χ1v) is 12.8. The monoisotopic (exact) mass is 497 g/mol. The van der Waals surface area contributed by atoms with Gasteiger partial charge in [-0.2, -0.15) is 4.72 Å². The van der Waals surface area contributed by atoms with E-state index in [2.05, 4.69) is 4.72 Å². The number of rotatable bonds is 6. The van der Waals surface area contributed by atoms with E-state index in [-0.39, 0.29) is 30.1 Å². The molecule has 2 amide bonds. The Bertz CT molecular complexity index is 1180. The molecule has 4 rings (SSSR count). The van der Waals surface area contributed by atoms with E-state index in [4.69, 9.17) is 11.6 Å². The molecule has 7 nitrogen and oxygen atoms in total. The maximum Gasteiger partial charge on any atom is 0.253 e. The van der Waals surface area contributed by atoms with Crippen molar-refractivity contribution >= 4 is 56.5 Å². The van der Waals surface area contributed by atoms with Crippen LogP contribution in [0.3, 0.4) is 0 Å². The van der Waals surface area contributed by atoms with E-state index in [0.29, 0.717) is 22.3 Å². The van der Waals surface area contributed by atoms with Crippen LogP contribution in [0.5, 0.6) is 0 Å². The zero-order chi connectivity index (χ0) is 22.9. The van der Waals surface area contributed by atoms with Crippen LogP contribution in [0, 0.1) is 5.82 Å². The second-order valence-electron chi connectivity index (χ2n) is 7.60. The standard InChI is InChI=1S/C21H21ClFN3O4S2/c22-19-6-4-15(31-19)8-12-32(29,30)24-17-7-11-26(21(17)28)18-5-3-14(13-16(18)23)20(27)25-9-1-2-10-25/h3-6,8,12-13,17,24H,1-2,7,9-11H2/t17-/m0/s1. The summed E-state index contributed by atoms with van der Waals surface area (Å²) in [7, 11) is -3.89. The van der Waals surface area contributed by atoms with Crippen LogP contribution in [0.15, 0.2) is 35.7 Å². The molecule has 0 saturated carbocycles. The average molecular weight is 498 g/mol. The molecule has 1 N–H and O–H groups in total. The predicted molar refractivity (Wildman–Crippen MR) is 123 cm³/mol. The van der Waals surface area contributed by atoms with E-state index in [1.165, 1.54) is 34.4 Å². The highest BCUT2D eigenvalue weighted by molar-refractivity contribution is 7.92. The SMILES string of the molecule is O=C(c1ccc(N2CC[C@H](NS(=O)(=O)C=Cc3ccc(Cl)s3)C2=O)c(F)c1)N1CCCC1. The number of nitrogens with one attached hydrogen (secondary N) is 1. The number of benzene rings is 1. The van der Waals surface area contributed by atoms with Gasteiger partial charge in [0.05, 0.1) is 10.0 Å². The number of hydrogen-bond acceptors (Lipinski definition) is 5. The first kappa shape index (κ1) is 22.9. The molecule has 0 spiro atoms. The van der Waals surface area contributed by atoms with Gasteiger partial charge in [0.2, 0.25) is 15.9 Å². The van der Waals surface area contributed by atoms with Crippen molar-refractivity contribution in [2.24, 2.45) is 0 Å². The van der Waals surface area contributed by atoms with Gasteiger partial charge in [0.15, 0.2) is 0 Å². The highest BCUT2D eigenvalue weighted by Gasteiger charge is 2.36. The number of nitrogens with zero attached hydrogens (tertiary/aromatic N) is 2. The first-order valence-electron chi connectivity index (χ1n) is 10.1. The number of amides is 2. The summed E-state index contributed by atoms with van der Waals surface area (Å²) in [4.78, 5) is 28.8. The van der Waals surface area contributed by atoms with E-state index in [1.807, 2.05) is 0 Å². The molecule has 0 radical (unpaired) electrons. The van der Waals surface area contributed by atoms with E-state index >= 15 is 0 Å². The van der Waals surface area contributed by atoms with Gasteiger partial charge in [-0.3, -0.25) is 9.59 Å². The molecular weight excluding hydrogens is 477 g/mol.